The molecular weight excluding hydrogens is 509 g/mol. The molecule has 1 fully saturated rings. The standard InChI is InChI=1S/C26H30Cl2F2N4O2/c1-16-13-17(26(2,29)30)14-21-24(16)31-22(32(21)3)15-19-20(27)6-5-18(23(19)28)25(35)34-9-7-33(8-10-34)11-12-36-4/h5-6,13-14H,7-12,15H2,1-4H3. The van der Waals surface area contributed by atoms with E-state index >= 15 is 0 Å². The first kappa shape index (κ1) is 26.8. The van der Waals surface area contributed by atoms with Crippen LogP contribution in [0, 0.1) is 6.92 Å². The van der Waals surface area contributed by atoms with Crippen molar-refractivity contribution in [3.05, 3.63) is 62.4 Å². The van der Waals surface area contributed by atoms with Gasteiger partial charge in [0.2, 0.25) is 0 Å². The van der Waals surface area contributed by atoms with Crippen LogP contribution in [0.3, 0.4) is 0 Å². The van der Waals surface area contributed by atoms with Crippen molar-refractivity contribution in [2.45, 2.75) is 26.2 Å². The van der Waals surface area contributed by atoms with Gasteiger partial charge in [-0.05, 0) is 42.3 Å². The first-order valence-corrected chi connectivity index (χ1v) is 12.6. The summed E-state index contributed by atoms with van der Waals surface area (Å²) in [6.45, 7) is 6.88. The van der Waals surface area contributed by atoms with Gasteiger partial charge in [0.15, 0.2) is 0 Å². The summed E-state index contributed by atoms with van der Waals surface area (Å²) >= 11 is 13.3. The molecule has 1 aromatic heterocycles. The summed E-state index contributed by atoms with van der Waals surface area (Å²) in [6, 6.07) is 6.26. The molecule has 1 saturated heterocycles. The van der Waals surface area contributed by atoms with E-state index in [1.807, 2.05) is 0 Å². The second kappa shape index (κ2) is 10.6. The van der Waals surface area contributed by atoms with Crippen molar-refractivity contribution in [2.24, 2.45) is 7.05 Å². The zero-order valence-electron chi connectivity index (χ0n) is 20.9. The molecule has 1 amide bonds. The number of hydrogen-bond acceptors (Lipinski definition) is 4. The van der Waals surface area contributed by atoms with Gasteiger partial charge < -0.3 is 14.2 Å². The largest absolute Gasteiger partial charge is 0.383 e. The van der Waals surface area contributed by atoms with Crippen molar-refractivity contribution >= 4 is 40.1 Å². The summed E-state index contributed by atoms with van der Waals surface area (Å²) in [5, 5.41) is 0.712. The highest BCUT2D eigenvalue weighted by Crippen LogP contribution is 2.34. The minimum Gasteiger partial charge on any atom is -0.383 e. The number of imidazole rings is 1. The van der Waals surface area contributed by atoms with Crippen LogP contribution in [0.2, 0.25) is 10.0 Å². The molecule has 2 heterocycles. The van der Waals surface area contributed by atoms with E-state index < -0.39 is 5.92 Å². The highest BCUT2D eigenvalue weighted by atomic mass is 35.5. The van der Waals surface area contributed by atoms with Crippen LogP contribution in [0.4, 0.5) is 8.78 Å². The van der Waals surface area contributed by atoms with Crippen LogP contribution in [0.1, 0.15) is 39.8 Å². The number of amides is 1. The molecule has 1 aliphatic rings. The lowest BCUT2D eigenvalue weighted by atomic mass is 10.1. The van der Waals surface area contributed by atoms with E-state index in [0.717, 1.165) is 26.6 Å². The fourth-order valence-corrected chi connectivity index (χ4v) is 5.15. The van der Waals surface area contributed by atoms with Crippen LogP contribution in [0.5, 0.6) is 0 Å². The molecule has 3 aromatic rings. The lowest BCUT2D eigenvalue weighted by Gasteiger charge is -2.34. The average molecular weight is 539 g/mol. The number of carbonyl (C=O) groups is 1. The van der Waals surface area contributed by atoms with Crippen molar-refractivity contribution in [3.63, 3.8) is 0 Å². The number of halogens is 4. The topological polar surface area (TPSA) is 50.6 Å². The second-order valence-corrected chi connectivity index (χ2v) is 10.1. The second-order valence-electron chi connectivity index (χ2n) is 9.33. The van der Waals surface area contributed by atoms with Crippen LogP contribution in [0.15, 0.2) is 24.3 Å². The molecule has 10 heteroatoms. The third kappa shape index (κ3) is 5.37. The van der Waals surface area contributed by atoms with Crippen LogP contribution in [-0.2, 0) is 24.1 Å². The molecule has 0 radical (unpaired) electrons. The predicted octanol–water partition coefficient (Wildman–Crippen LogP) is 5.30. The van der Waals surface area contributed by atoms with E-state index in [4.69, 9.17) is 32.9 Å². The zero-order valence-corrected chi connectivity index (χ0v) is 22.4. The third-order valence-electron chi connectivity index (χ3n) is 6.80. The molecule has 1 aliphatic heterocycles. The Morgan fingerprint density at radius 3 is 2.50 bits per heavy atom. The molecule has 4 rings (SSSR count). The number of fused-ring (bicyclic) bond motifs is 1. The van der Waals surface area contributed by atoms with E-state index in [-0.39, 0.29) is 17.9 Å². The van der Waals surface area contributed by atoms with Gasteiger partial charge in [0.1, 0.15) is 5.82 Å². The van der Waals surface area contributed by atoms with Crippen LogP contribution < -0.4 is 0 Å². The molecule has 0 unspecified atom stereocenters. The molecule has 36 heavy (non-hydrogen) atoms. The molecule has 2 aromatic carbocycles. The van der Waals surface area contributed by atoms with Crippen LogP contribution >= 0.6 is 23.2 Å². The number of piperazine rings is 1. The summed E-state index contributed by atoms with van der Waals surface area (Å²) in [6.07, 6.45) is 0.256. The van der Waals surface area contributed by atoms with Gasteiger partial charge in [0.25, 0.3) is 11.8 Å². The smallest absolute Gasteiger partial charge is 0.270 e. The lowest BCUT2D eigenvalue weighted by molar-refractivity contribution is 0.0175. The summed E-state index contributed by atoms with van der Waals surface area (Å²) in [5.74, 6) is -2.48. The van der Waals surface area contributed by atoms with Crippen molar-refractivity contribution in [1.29, 1.82) is 0 Å². The molecule has 6 nitrogen and oxygen atoms in total. The van der Waals surface area contributed by atoms with E-state index in [9.17, 15) is 13.6 Å². The molecule has 194 valence electrons. The number of rotatable bonds is 7. The lowest BCUT2D eigenvalue weighted by Crippen LogP contribution is -2.49. The summed E-state index contributed by atoms with van der Waals surface area (Å²) in [4.78, 5) is 22.1. The van der Waals surface area contributed by atoms with Crippen molar-refractivity contribution in [1.82, 2.24) is 19.4 Å². The van der Waals surface area contributed by atoms with E-state index in [1.54, 1.807) is 42.7 Å². The Bertz CT molecular complexity index is 1280. The fraction of sp³-hybridized carbons (Fsp3) is 0.462. The fourth-order valence-electron chi connectivity index (χ4n) is 4.57. The highest BCUT2D eigenvalue weighted by Gasteiger charge is 2.28. The summed E-state index contributed by atoms with van der Waals surface area (Å²) in [5.41, 5.74) is 2.83. The monoisotopic (exact) mass is 538 g/mol. The Morgan fingerprint density at radius 2 is 1.86 bits per heavy atom. The minimum absolute atomic E-state index is 0.0620. The molecular formula is C26H30Cl2F2N4O2. The Morgan fingerprint density at radius 1 is 1.17 bits per heavy atom. The number of alkyl halides is 2. The quantitative estimate of drug-likeness (QED) is 0.409. The molecule has 0 saturated carbocycles. The van der Waals surface area contributed by atoms with Gasteiger partial charge in [-0.25, -0.2) is 13.8 Å². The highest BCUT2D eigenvalue weighted by molar-refractivity contribution is 6.38. The predicted molar refractivity (Wildman–Crippen MR) is 139 cm³/mol. The average Bonchev–Trinajstić information content (AvgIpc) is 3.15. The normalized spacial score (nSPS) is 15.2. The number of nitrogens with zero attached hydrogens (tertiary/aromatic N) is 4. The summed E-state index contributed by atoms with van der Waals surface area (Å²) in [7, 11) is 3.46. The van der Waals surface area contributed by atoms with Gasteiger partial charge in [0, 0.05) is 70.8 Å². The van der Waals surface area contributed by atoms with E-state index in [0.29, 0.717) is 63.3 Å². The minimum atomic E-state index is -2.96. The number of benzene rings is 2. The number of aromatic nitrogens is 2. The van der Waals surface area contributed by atoms with E-state index in [2.05, 4.69) is 4.90 Å². The van der Waals surface area contributed by atoms with Crippen molar-refractivity contribution in [2.75, 3.05) is 46.4 Å². The molecule has 0 bridgehead atoms. The van der Waals surface area contributed by atoms with Gasteiger partial charge in [-0.1, -0.05) is 23.2 Å². The summed E-state index contributed by atoms with van der Waals surface area (Å²) < 4.78 is 34.9. The van der Waals surface area contributed by atoms with Gasteiger partial charge in [-0.2, -0.15) is 0 Å². The van der Waals surface area contributed by atoms with Gasteiger partial charge in [-0.3, -0.25) is 9.69 Å². The number of methoxy groups -OCH3 is 1. The Labute approximate surface area is 219 Å². The number of ether oxygens (including phenoxy) is 1. The van der Waals surface area contributed by atoms with Crippen LogP contribution in [-0.4, -0.2) is 71.7 Å². The maximum absolute atomic E-state index is 14.0. The number of aryl methyl sites for hydroxylation is 2. The zero-order chi connectivity index (χ0) is 26.2. The SMILES string of the molecule is COCCN1CCN(C(=O)c2ccc(Cl)c(Cc3nc4c(C)cc(C(C)(F)F)cc4n3C)c2Cl)CC1. The Kier molecular flexibility index (Phi) is 7.90. The van der Waals surface area contributed by atoms with Gasteiger partial charge in [-0.15, -0.1) is 0 Å². The third-order valence-corrected chi connectivity index (χ3v) is 7.58. The molecule has 0 spiro atoms. The van der Waals surface area contributed by atoms with Crippen LogP contribution in [0.25, 0.3) is 11.0 Å². The number of carbonyl (C=O) groups excluding carboxylic acids is 1. The first-order valence-electron chi connectivity index (χ1n) is 11.8. The molecule has 0 atom stereocenters. The Balaban J connectivity index is 1.61. The maximum Gasteiger partial charge on any atom is 0.270 e. The first-order chi connectivity index (χ1) is 17.0. The molecule has 0 N–H and O–H groups in total. The maximum atomic E-state index is 14.0. The van der Waals surface area contributed by atoms with Gasteiger partial charge in [0.05, 0.1) is 28.2 Å². The van der Waals surface area contributed by atoms with Crippen molar-refractivity contribution in [3.8, 4) is 0 Å². The Hall–Kier alpha value is -2.26. The molecule has 0 aliphatic carbocycles. The van der Waals surface area contributed by atoms with Crippen molar-refractivity contribution < 1.29 is 18.3 Å². The van der Waals surface area contributed by atoms with E-state index in [1.165, 1.54) is 12.1 Å². The number of hydrogen-bond donors (Lipinski definition) is 0. The van der Waals surface area contributed by atoms with Gasteiger partial charge >= 0.3 is 0 Å².